The summed E-state index contributed by atoms with van der Waals surface area (Å²) < 4.78 is 5.71. The number of quaternary nitrogens is 1. The molecule has 1 aromatic heterocycles. The van der Waals surface area contributed by atoms with Gasteiger partial charge in [-0.05, 0) is 57.9 Å². The number of nitriles is 1. The van der Waals surface area contributed by atoms with Crippen LogP contribution in [0, 0.1) is 11.3 Å². The molecule has 0 unspecified atom stereocenters. The lowest BCUT2D eigenvalue weighted by molar-refractivity contribution is -0.789. The molecule has 0 spiro atoms. The van der Waals surface area contributed by atoms with Crippen LogP contribution in [0.15, 0.2) is 24.3 Å². The van der Waals surface area contributed by atoms with Gasteiger partial charge in [-0.15, -0.1) is 11.3 Å². The summed E-state index contributed by atoms with van der Waals surface area (Å²) in [6.07, 6.45) is 2.85. The summed E-state index contributed by atoms with van der Waals surface area (Å²) >= 11 is 1.52. The molecule has 0 fully saturated rings. The van der Waals surface area contributed by atoms with E-state index < -0.39 is 0 Å². The van der Waals surface area contributed by atoms with Gasteiger partial charge in [0.15, 0.2) is 0 Å². The molecular weight excluding hydrogens is 382 g/mol. The first-order valence-electron chi connectivity index (χ1n) is 10.1. The minimum Gasteiger partial charge on any atom is -0.494 e. The van der Waals surface area contributed by atoms with Gasteiger partial charge in [-0.3, -0.25) is 4.79 Å². The molecule has 0 bridgehead atoms. The van der Waals surface area contributed by atoms with Gasteiger partial charge in [0.05, 0.1) is 22.6 Å². The van der Waals surface area contributed by atoms with E-state index in [-0.39, 0.29) is 17.0 Å². The van der Waals surface area contributed by atoms with Crippen LogP contribution in [0.25, 0.3) is 0 Å². The number of fused-ring (bicyclic) bond motifs is 1. The zero-order chi connectivity index (χ0) is 21.2. The zero-order valence-corrected chi connectivity index (χ0v) is 18.7. The summed E-state index contributed by atoms with van der Waals surface area (Å²) in [5, 5.41) is 15.8. The third-order valence-corrected chi connectivity index (χ3v) is 6.66. The molecule has 5 nitrogen and oxygen atoms in total. The number of rotatable bonds is 6. The fourth-order valence-electron chi connectivity index (χ4n) is 4.15. The van der Waals surface area contributed by atoms with Crippen molar-refractivity contribution in [3.05, 3.63) is 45.8 Å². The standard InChI is InChI=1S/C23H29N3O2S/c1-6-7-11-28-16-10-8-9-15(12-16)20(27)25-21-18(14-24)17-13-22(2,3)26-23(4,5)19(17)29-21/h8-10,12,26H,6-7,11,13H2,1-5H3,(H,25,27)/p+1. The zero-order valence-electron chi connectivity index (χ0n) is 17.9. The molecule has 2 heterocycles. The van der Waals surface area contributed by atoms with Gasteiger partial charge in [0.2, 0.25) is 0 Å². The Balaban J connectivity index is 1.86. The van der Waals surface area contributed by atoms with Crippen molar-refractivity contribution in [3.8, 4) is 11.8 Å². The summed E-state index contributed by atoms with van der Waals surface area (Å²) in [7, 11) is 0. The highest BCUT2D eigenvalue weighted by Gasteiger charge is 2.44. The summed E-state index contributed by atoms with van der Waals surface area (Å²) in [4.78, 5) is 14.1. The van der Waals surface area contributed by atoms with Gasteiger partial charge in [0, 0.05) is 12.0 Å². The van der Waals surface area contributed by atoms with Gasteiger partial charge in [-0.2, -0.15) is 5.26 Å². The first kappa shape index (κ1) is 21.4. The van der Waals surface area contributed by atoms with E-state index in [2.05, 4.69) is 51.3 Å². The Labute approximate surface area is 177 Å². The lowest BCUT2D eigenvalue weighted by Crippen LogP contribution is -3.03. The van der Waals surface area contributed by atoms with Crippen molar-refractivity contribution in [1.29, 1.82) is 5.26 Å². The average molecular weight is 413 g/mol. The summed E-state index contributed by atoms with van der Waals surface area (Å²) in [6.45, 7) is 11.5. The molecule has 0 saturated carbocycles. The maximum atomic E-state index is 12.9. The second-order valence-electron chi connectivity index (χ2n) is 8.94. The number of nitrogens with two attached hydrogens (primary N) is 1. The van der Waals surface area contributed by atoms with Crippen molar-refractivity contribution in [2.75, 3.05) is 11.9 Å². The molecular formula is C23H30N3O2S+. The van der Waals surface area contributed by atoms with Crippen molar-refractivity contribution < 1.29 is 14.8 Å². The number of unbranched alkanes of at least 4 members (excludes halogenated alkanes) is 1. The highest BCUT2D eigenvalue weighted by molar-refractivity contribution is 7.16. The number of hydrogen-bond acceptors (Lipinski definition) is 4. The van der Waals surface area contributed by atoms with Gasteiger partial charge in [0.25, 0.3) is 5.91 Å². The molecule has 1 aliphatic heterocycles. The van der Waals surface area contributed by atoms with E-state index >= 15 is 0 Å². The number of hydrogen-bond donors (Lipinski definition) is 2. The highest BCUT2D eigenvalue weighted by Crippen LogP contribution is 2.41. The Morgan fingerprint density at radius 3 is 2.79 bits per heavy atom. The quantitative estimate of drug-likeness (QED) is 0.699. The van der Waals surface area contributed by atoms with Crippen molar-refractivity contribution >= 4 is 22.2 Å². The monoisotopic (exact) mass is 412 g/mol. The Kier molecular flexibility index (Phi) is 6.02. The first-order valence-corrected chi connectivity index (χ1v) is 11.0. The smallest absolute Gasteiger partial charge is 0.256 e. The molecule has 0 radical (unpaired) electrons. The van der Waals surface area contributed by atoms with E-state index in [4.69, 9.17) is 4.74 Å². The Morgan fingerprint density at radius 1 is 1.34 bits per heavy atom. The first-order chi connectivity index (χ1) is 13.7. The van der Waals surface area contributed by atoms with E-state index in [9.17, 15) is 10.1 Å². The van der Waals surface area contributed by atoms with Crippen LogP contribution in [0.4, 0.5) is 5.00 Å². The number of nitrogens with zero attached hydrogens (tertiary/aromatic N) is 1. The van der Waals surface area contributed by atoms with Crippen LogP contribution < -0.4 is 15.4 Å². The summed E-state index contributed by atoms with van der Waals surface area (Å²) in [6, 6.07) is 9.54. The number of carbonyl (C=O) groups excluding carboxylic acids is 1. The van der Waals surface area contributed by atoms with Crippen molar-refractivity contribution in [2.24, 2.45) is 0 Å². The second kappa shape index (κ2) is 8.17. The van der Waals surface area contributed by atoms with E-state index in [1.165, 1.54) is 16.2 Å². The molecule has 0 aliphatic carbocycles. The highest BCUT2D eigenvalue weighted by atomic mass is 32.1. The van der Waals surface area contributed by atoms with Crippen molar-refractivity contribution in [1.82, 2.24) is 0 Å². The van der Waals surface area contributed by atoms with Crippen LogP contribution in [0.3, 0.4) is 0 Å². The number of thiophene rings is 1. The largest absolute Gasteiger partial charge is 0.494 e. The van der Waals surface area contributed by atoms with Crippen LogP contribution in [0.5, 0.6) is 5.75 Å². The van der Waals surface area contributed by atoms with Crippen LogP contribution in [0.1, 0.15) is 73.8 Å². The summed E-state index contributed by atoms with van der Waals surface area (Å²) in [5.74, 6) is 0.469. The molecule has 3 rings (SSSR count). The van der Waals surface area contributed by atoms with Gasteiger partial charge >= 0.3 is 0 Å². The number of amides is 1. The molecule has 154 valence electrons. The van der Waals surface area contributed by atoms with E-state index in [1.54, 1.807) is 12.1 Å². The van der Waals surface area contributed by atoms with Gasteiger partial charge in [-0.25, -0.2) is 0 Å². The van der Waals surface area contributed by atoms with Crippen LogP contribution >= 0.6 is 11.3 Å². The molecule has 1 aliphatic rings. The minimum atomic E-state index is -0.220. The molecule has 1 aromatic carbocycles. The van der Waals surface area contributed by atoms with Crippen LogP contribution in [0.2, 0.25) is 0 Å². The summed E-state index contributed by atoms with van der Waals surface area (Å²) in [5.41, 5.74) is 2.07. The number of anilines is 1. The molecule has 0 atom stereocenters. The number of ether oxygens (including phenoxy) is 1. The van der Waals surface area contributed by atoms with Crippen LogP contribution in [-0.2, 0) is 12.0 Å². The molecule has 0 saturated heterocycles. The van der Waals surface area contributed by atoms with Crippen molar-refractivity contribution in [3.63, 3.8) is 0 Å². The van der Waals surface area contributed by atoms with E-state index in [0.29, 0.717) is 28.5 Å². The Hall–Kier alpha value is -2.36. The molecule has 3 N–H and O–H groups in total. The number of benzene rings is 1. The number of carbonyl (C=O) groups is 1. The molecule has 2 aromatic rings. The lowest BCUT2D eigenvalue weighted by Gasteiger charge is -2.38. The molecule has 29 heavy (non-hydrogen) atoms. The van der Waals surface area contributed by atoms with Crippen LogP contribution in [-0.4, -0.2) is 18.1 Å². The Bertz CT molecular complexity index is 954. The number of nitrogens with one attached hydrogen (secondary N) is 1. The van der Waals surface area contributed by atoms with E-state index in [0.717, 1.165) is 24.8 Å². The maximum absolute atomic E-state index is 12.9. The minimum absolute atomic E-state index is 0.00854. The fraction of sp³-hybridized carbons (Fsp3) is 0.478. The normalized spacial score (nSPS) is 16.6. The second-order valence-corrected chi connectivity index (χ2v) is 9.96. The SMILES string of the molecule is CCCCOc1cccc(C(=O)Nc2sc3c(c2C#N)CC(C)(C)[NH2+]C3(C)C)c1. The maximum Gasteiger partial charge on any atom is 0.256 e. The third-order valence-electron chi connectivity index (χ3n) is 5.18. The fourth-order valence-corrected chi connectivity index (χ4v) is 5.38. The Morgan fingerprint density at radius 2 is 2.10 bits per heavy atom. The molecule has 1 amide bonds. The van der Waals surface area contributed by atoms with Crippen molar-refractivity contribution in [2.45, 2.75) is 65.0 Å². The average Bonchev–Trinajstić information content (AvgIpc) is 2.98. The predicted molar refractivity (Wildman–Crippen MR) is 117 cm³/mol. The molecule has 6 heteroatoms. The predicted octanol–water partition coefficient (Wildman–Crippen LogP) is 4.18. The van der Waals surface area contributed by atoms with Gasteiger partial charge < -0.3 is 15.4 Å². The lowest BCUT2D eigenvalue weighted by atomic mass is 9.81. The van der Waals surface area contributed by atoms with Gasteiger partial charge in [-0.1, -0.05) is 19.4 Å². The topological polar surface area (TPSA) is 78.7 Å². The van der Waals surface area contributed by atoms with Gasteiger partial charge in [0.1, 0.15) is 22.4 Å². The van der Waals surface area contributed by atoms with E-state index in [1.807, 2.05) is 12.1 Å². The third kappa shape index (κ3) is 4.63.